The van der Waals surface area contributed by atoms with Gasteiger partial charge in [0.1, 0.15) is 0 Å². The van der Waals surface area contributed by atoms with Crippen LogP contribution in [0.2, 0.25) is 0 Å². The molecule has 5 nitrogen and oxygen atoms in total. The third-order valence-electron chi connectivity index (χ3n) is 3.37. The average molecular weight is 340 g/mol. The summed E-state index contributed by atoms with van der Waals surface area (Å²) >= 11 is 0. The zero-order valence-electron chi connectivity index (χ0n) is 13.0. The number of anilines is 1. The first kappa shape index (κ1) is 16.0. The third kappa shape index (κ3) is 3.23. The first-order valence-electron chi connectivity index (χ1n) is 7.33. The van der Waals surface area contributed by atoms with Crippen molar-refractivity contribution in [1.29, 1.82) is 0 Å². The van der Waals surface area contributed by atoms with E-state index < -0.39 is 9.84 Å². The van der Waals surface area contributed by atoms with Crippen molar-refractivity contribution < 1.29 is 12.8 Å². The minimum atomic E-state index is -3.75. The molecule has 0 radical (unpaired) electrons. The second kappa shape index (κ2) is 6.72. The molecule has 0 saturated heterocycles. The van der Waals surface area contributed by atoms with Gasteiger partial charge in [0.05, 0.1) is 4.90 Å². The Kier molecular flexibility index (Phi) is 4.48. The van der Waals surface area contributed by atoms with Gasteiger partial charge < -0.3 is 9.73 Å². The van der Waals surface area contributed by atoms with E-state index in [0.29, 0.717) is 0 Å². The van der Waals surface area contributed by atoms with Crippen LogP contribution in [0.1, 0.15) is 11.5 Å². The minimum absolute atomic E-state index is 0.117. The van der Waals surface area contributed by atoms with E-state index in [1.54, 1.807) is 31.3 Å². The summed E-state index contributed by atoms with van der Waals surface area (Å²) < 4.78 is 30.9. The van der Waals surface area contributed by atoms with Crippen LogP contribution in [0.4, 0.5) is 5.88 Å². The molecule has 0 unspecified atom stereocenters. The molecule has 1 heterocycles. The molecule has 3 aromatic rings. The molecule has 0 amide bonds. The van der Waals surface area contributed by atoms with Crippen molar-refractivity contribution in [2.24, 2.45) is 0 Å². The van der Waals surface area contributed by atoms with E-state index in [-0.39, 0.29) is 21.7 Å². The molecule has 0 saturated carbocycles. The Morgan fingerprint density at radius 3 is 2.21 bits per heavy atom. The summed E-state index contributed by atoms with van der Waals surface area (Å²) in [5.74, 6) is 0.337. The summed E-state index contributed by atoms with van der Waals surface area (Å²) in [6.07, 6.45) is 3.45. The lowest BCUT2D eigenvalue weighted by atomic mass is 10.2. The first-order valence-corrected chi connectivity index (χ1v) is 8.81. The van der Waals surface area contributed by atoms with E-state index in [1.807, 2.05) is 36.4 Å². The summed E-state index contributed by atoms with van der Waals surface area (Å²) in [5.41, 5.74) is 0.967. The minimum Gasteiger partial charge on any atom is -0.420 e. The van der Waals surface area contributed by atoms with Gasteiger partial charge in [0.25, 0.3) is 0 Å². The van der Waals surface area contributed by atoms with Crippen molar-refractivity contribution in [3.63, 3.8) is 0 Å². The summed E-state index contributed by atoms with van der Waals surface area (Å²) in [5, 5.41) is 2.63. The number of aromatic nitrogens is 1. The molecule has 1 aromatic heterocycles. The average Bonchev–Trinajstić information content (AvgIpc) is 3.06. The molecule has 24 heavy (non-hydrogen) atoms. The number of benzene rings is 2. The van der Waals surface area contributed by atoms with E-state index in [0.717, 1.165) is 5.56 Å². The van der Waals surface area contributed by atoms with Crippen molar-refractivity contribution in [3.05, 3.63) is 72.1 Å². The SMILES string of the molecule is CNc1oc(/C=C/c2ccccc2)nc1S(=O)(=O)c1ccccc1. The maximum atomic E-state index is 12.7. The summed E-state index contributed by atoms with van der Waals surface area (Å²) in [6, 6.07) is 17.8. The summed E-state index contributed by atoms with van der Waals surface area (Å²) in [4.78, 5) is 4.31. The molecular formula is C18H16N2O3S. The van der Waals surface area contributed by atoms with Crippen molar-refractivity contribution in [1.82, 2.24) is 4.98 Å². The van der Waals surface area contributed by atoms with Gasteiger partial charge in [-0.05, 0) is 23.8 Å². The van der Waals surface area contributed by atoms with E-state index in [4.69, 9.17) is 4.42 Å². The van der Waals surface area contributed by atoms with Crippen LogP contribution in [-0.4, -0.2) is 20.4 Å². The fourth-order valence-corrected chi connectivity index (χ4v) is 3.51. The Balaban J connectivity index is 1.98. The monoisotopic (exact) mass is 340 g/mol. The molecule has 0 spiro atoms. The molecule has 0 aliphatic rings. The Morgan fingerprint density at radius 1 is 0.958 bits per heavy atom. The maximum Gasteiger partial charge on any atom is 0.233 e. The third-order valence-corrected chi connectivity index (χ3v) is 5.04. The van der Waals surface area contributed by atoms with Crippen LogP contribution in [0, 0.1) is 0 Å². The Labute approximate surface area is 140 Å². The lowest BCUT2D eigenvalue weighted by molar-refractivity contribution is 0.558. The normalized spacial score (nSPS) is 11.7. The van der Waals surface area contributed by atoms with Gasteiger partial charge in [0.2, 0.25) is 26.6 Å². The number of nitrogens with one attached hydrogen (secondary N) is 1. The molecule has 122 valence electrons. The zero-order chi connectivity index (χ0) is 17.0. The van der Waals surface area contributed by atoms with Gasteiger partial charge in [-0.2, -0.15) is 4.98 Å². The Hall–Kier alpha value is -2.86. The highest BCUT2D eigenvalue weighted by molar-refractivity contribution is 7.91. The fraction of sp³-hybridized carbons (Fsp3) is 0.0556. The smallest absolute Gasteiger partial charge is 0.233 e. The molecule has 6 heteroatoms. The summed E-state index contributed by atoms with van der Waals surface area (Å²) in [6.45, 7) is 0. The standard InChI is InChI=1S/C18H16N2O3S/c1-19-17-18(24(21,22)15-10-6-3-7-11-15)20-16(23-17)13-12-14-8-4-2-5-9-14/h2-13,19H,1H3/b13-12+. The molecule has 0 bridgehead atoms. The van der Waals surface area contributed by atoms with E-state index in [1.165, 1.54) is 12.1 Å². The van der Waals surface area contributed by atoms with E-state index in [9.17, 15) is 8.42 Å². The number of hydrogen-bond donors (Lipinski definition) is 1. The Morgan fingerprint density at radius 2 is 1.58 bits per heavy atom. The number of sulfone groups is 1. The van der Waals surface area contributed by atoms with Gasteiger partial charge in [0.15, 0.2) is 0 Å². The lowest BCUT2D eigenvalue weighted by Gasteiger charge is -2.02. The topological polar surface area (TPSA) is 72.2 Å². The van der Waals surface area contributed by atoms with Crippen molar-refractivity contribution in [2.45, 2.75) is 9.92 Å². The maximum absolute atomic E-state index is 12.7. The highest BCUT2D eigenvalue weighted by atomic mass is 32.2. The number of rotatable bonds is 5. The molecule has 0 aliphatic heterocycles. The molecule has 3 rings (SSSR count). The van der Waals surface area contributed by atoms with Gasteiger partial charge in [-0.1, -0.05) is 48.5 Å². The van der Waals surface area contributed by atoms with Crippen LogP contribution in [-0.2, 0) is 9.84 Å². The van der Waals surface area contributed by atoms with Gasteiger partial charge in [-0.15, -0.1) is 0 Å². The van der Waals surface area contributed by atoms with E-state index in [2.05, 4.69) is 10.3 Å². The van der Waals surface area contributed by atoms with Crippen LogP contribution >= 0.6 is 0 Å². The van der Waals surface area contributed by atoms with Crippen molar-refractivity contribution >= 4 is 27.9 Å². The van der Waals surface area contributed by atoms with Crippen LogP contribution in [0.15, 0.2) is 75.0 Å². The lowest BCUT2D eigenvalue weighted by Crippen LogP contribution is -2.05. The zero-order valence-corrected chi connectivity index (χ0v) is 13.8. The van der Waals surface area contributed by atoms with Crippen LogP contribution in [0.3, 0.4) is 0 Å². The highest BCUT2D eigenvalue weighted by Crippen LogP contribution is 2.28. The Bertz CT molecular complexity index is 946. The number of nitrogens with zero attached hydrogens (tertiary/aromatic N) is 1. The first-order chi connectivity index (χ1) is 11.6. The van der Waals surface area contributed by atoms with Gasteiger partial charge >= 0.3 is 0 Å². The second-order valence-corrected chi connectivity index (χ2v) is 6.86. The second-order valence-electron chi connectivity index (χ2n) is 5.00. The van der Waals surface area contributed by atoms with Crippen LogP contribution in [0.25, 0.3) is 12.2 Å². The van der Waals surface area contributed by atoms with Gasteiger partial charge in [0, 0.05) is 13.1 Å². The molecular weight excluding hydrogens is 324 g/mol. The van der Waals surface area contributed by atoms with Crippen LogP contribution < -0.4 is 5.32 Å². The molecule has 2 aromatic carbocycles. The molecule has 1 N–H and O–H groups in total. The predicted molar refractivity (Wildman–Crippen MR) is 93.3 cm³/mol. The molecule has 0 aliphatic carbocycles. The van der Waals surface area contributed by atoms with Crippen molar-refractivity contribution in [2.75, 3.05) is 12.4 Å². The summed E-state index contributed by atoms with van der Waals surface area (Å²) in [7, 11) is -2.15. The molecule has 0 atom stereocenters. The molecule has 0 fully saturated rings. The van der Waals surface area contributed by atoms with Crippen molar-refractivity contribution in [3.8, 4) is 0 Å². The number of hydrogen-bond acceptors (Lipinski definition) is 5. The van der Waals surface area contributed by atoms with E-state index >= 15 is 0 Å². The largest absolute Gasteiger partial charge is 0.420 e. The van der Waals surface area contributed by atoms with Gasteiger partial charge in [-0.3, -0.25) is 0 Å². The van der Waals surface area contributed by atoms with Crippen LogP contribution in [0.5, 0.6) is 0 Å². The quantitative estimate of drug-likeness (QED) is 0.766. The fourth-order valence-electron chi connectivity index (χ4n) is 2.18. The highest BCUT2D eigenvalue weighted by Gasteiger charge is 2.26. The number of oxazole rings is 1. The predicted octanol–water partition coefficient (Wildman–Crippen LogP) is 3.72. The van der Waals surface area contributed by atoms with Gasteiger partial charge in [-0.25, -0.2) is 8.42 Å².